The summed E-state index contributed by atoms with van der Waals surface area (Å²) in [7, 11) is 0. The van der Waals surface area contributed by atoms with E-state index in [4.69, 9.17) is 0 Å². The molecule has 4 heteroatoms. The van der Waals surface area contributed by atoms with E-state index < -0.39 is 0 Å². The number of nitrogens with one attached hydrogen (secondary N) is 1. The van der Waals surface area contributed by atoms with Gasteiger partial charge in [-0.15, -0.1) is 0 Å². The zero-order valence-electron chi connectivity index (χ0n) is 10.9. The second-order valence-corrected chi connectivity index (χ2v) is 6.33. The lowest BCUT2D eigenvalue weighted by Gasteiger charge is -2.25. The summed E-state index contributed by atoms with van der Waals surface area (Å²) in [5, 5.41) is 16.0. The minimum atomic E-state index is -0.179. The van der Waals surface area contributed by atoms with E-state index in [2.05, 4.69) is 26.1 Å². The molecule has 0 spiro atoms. The molecule has 0 saturated heterocycles. The van der Waals surface area contributed by atoms with Crippen molar-refractivity contribution >= 4 is 17.2 Å². The lowest BCUT2D eigenvalue weighted by atomic mass is 9.88. The molecule has 0 aromatic carbocycles. The number of aryl methyl sites for hydroxylation is 1. The summed E-state index contributed by atoms with van der Waals surface area (Å²) in [6.07, 6.45) is 0.762. The van der Waals surface area contributed by atoms with E-state index in [1.165, 1.54) is 11.3 Å². The van der Waals surface area contributed by atoms with Crippen molar-refractivity contribution in [2.24, 2.45) is 5.41 Å². The fourth-order valence-electron chi connectivity index (χ4n) is 1.76. The van der Waals surface area contributed by atoms with Gasteiger partial charge < -0.3 is 10.4 Å². The molecule has 0 aliphatic rings. The second-order valence-electron chi connectivity index (χ2n) is 5.59. The SMILES string of the molecule is Cc1cscc1C(=O)NC(CO)CC(C)(C)C. The summed E-state index contributed by atoms with van der Waals surface area (Å²) in [6, 6.07) is -0.179. The highest BCUT2D eigenvalue weighted by Gasteiger charge is 2.21. The Morgan fingerprint density at radius 2 is 2.12 bits per heavy atom. The van der Waals surface area contributed by atoms with Crippen molar-refractivity contribution < 1.29 is 9.90 Å². The molecule has 2 N–H and O–H groups in total. The maximum absolute atomic E-state index is 12.0. The largest absolute Gasteiger partial charge is 0.394 e. The number of rotatable bonds is 4. The van der Waals surface area contributed by atoms with Crippen molar-refractivity contribution in [2.45, 2.75) is 40.2 Å². The van der Waals surface area contributed by atoms with E-state index in [1.807, 2.05) is 17.7 Å². The van der Waals surface area contributed by atoms with Crippen LogP contribution in [0.25, 0.3) is 0 Å². The highest BCUT2D eigenvalue weighted by molar-refractivity contribution is 7.08. The molecule has 0 fully saturated rings. The molecule has 96 valence electrons. The summed E-state index contributed by atoms with van der Waals surface area (Å²) in [5.74, 6) is -0.0907. The summed E-state index contributed by atoms with van der Waals surface area (Å²) in [6.45, 7) is 8.18. The number of thiophene rings is 1. The van der Waals surface area contributed by atoms with Crippen LogP contribution in [0, 0.1) is 12.3 Å². The third-order valence-electron chi connectivity index (χ3n) is 2.51. The maximum Gasteiger partial charge on any atom is 0.252 e. The molecule has 1 atom stereocenters. The van der Waals surface area contributed by atoms with E-state index in [1.54, 1.807) is 0 Å². The standard InChI is InChI=1S/C13H21NO2S/c1-9-7-17-8-11(9)12(16)14-10(6-15)5-13(2,3)4/h7-8,10,15H,5-6H2,1-4H3,(H,14,16). The van der Waals surface area contributed by atoms with Crippen LogP contribution >= 0.6 is 11.3 Å². The van der Waals surface area contributed by atoms with Crippen LogP contribution in [-0.2, 0) is 0 Å². The quantitative estimate of drug-likeness (QED) is 0.868. The van der Waals surface area contributed by atoms with Crippen molar-refractivity contribution in [2.75, 3.05) is 6.61 Å². The number of hydrogen-bond acceptors (Lipinski definition) is 3. The minimum absolute atomic E-state index is 0.0216. The Balaban J connectivity index is 2.63. The van der Waals surface area contributed by atoms with Gasteiger partial charge in [-0.2, -0.15) is 11.3 Å². The molecular formula is C13H21NO2S. The lowest BCUT2D eigenvalue weighted by Crippen LogP contribution is -2.40. The molecule has 0 bridgehead atoms. The molecule has 1 heterocycles. The van der Waals surface area contributed by atoms with Crippen LogP contribution in [0.3, 0.4) is 0 Å². The molecule has 1 amide bonds. The molecule has 17 heavy (non-hydrogen) atoms. The van der Waals surface area contributed by atoms with Crippen molar-refractivity contribution in [3.63, 3.8) is 0 Å². The van der Waals surface area contributed by atoms with Gasteiger partial charge in [-0.3, -0.25) is 4.79 Å². The predicted molar refractivity (Wildman–Crippen MR) is 71.5 cm³/mol. The third-order valence-corrected chi connectivity index (χ3v) is 3.38. The summed E-state index contributed by atoms with van der Waals surface area (Å²) in [5.41, 5.74) is 1.78. The minimum Gasteiger partial charge on any atom is -0.394 e. The van der Waals surface area contributed by atoms with Crippen molar-refractivity contribution in [1.29, 1.82) is 0 Å². The van der Waals surface area contributed by atoms with Gasteiger partial charge in [-0.25, -0.2) is 0 Å². The first kappa shape index (κ1) is 14.2. The van der Waals surface area contributed by atoms with Gasteiger partial charge in [-0.05, 0) is 29.7 Å². The van der Waals surface area contributed by atoms with Gasteiger partial charge in [0.25, 0.3) is 5.91 Å². The zero-order chi connectivity index (χ0) is 13.1. The first-order valence-electron chi connectivity index (χ1n) is 5.78. The molecule has 0 aliphatic heterocycles. The molecule has 1 rings (SSSR count). The van der Waals surface area contributed by atoms with Gasteiger partial charge in [0.2, 0.25) is 0 Å². The Hall–Kier alpha value is -0.870. The lowest BCUT2D eigenvalue weighted by molar-refractivity contribution is 0.0897. The first-order chi connectivity index (χ1) is 7.83. The molecule has 0 aliphatic carbocycles. The molecule has 0 radical (unpaired) electrons. The number of aliphatic hydroxyl groups is 1. The van der Waals surface area contributed by atoms with Crippen LogP contribution in [0.2, 0.25) is 0 Å². The first-order valence-corrected chi connectivity index (χ1v) is 6.72. The topological polar surface area (TPSA) is 49.3 Å². The maximum atomic E-state index is 12.0. The highest BCUT2D eigenvalue weighted by atomic mass is 32.1. The van der Waals surface area contributed by atoms with Gasteiger partial charge in [0, 0.05) is 5.38 Å². The van der Waals surface area contributed by atoms with Crippen LogP contribution in [-0.4, -0.2) is 23.7 Å². The van der Waals surface area contributed by atoms with Crippen molar-refractivity contribution in [1.82, 2.24) is 5.32 Å². The van der Waals surface area contributed by atoms with Crippen LogP contribution < -0.4 is 5.32 Å². The van der Waals surface area contributed by atoms with Crippen LogP contribution in [0.5, 0.6) is 0 Å². The Labute approximate surface area is 107 Å². The summed E-state index contributed by atoms with van der Waals surface area (Å²) in [4.78, 5) is 12.0. The van der Waals surface area contributed by atoms with Gasteiger partial charge in [0.1, 0.15) is 0 Å². The number of hydrogen-bond donors (Lipinski definition) is 2. The average Bonchev–Trinajstić information content (AvgIpc) is 2.61. The van der Waals surface area contributed by atoms with Crippen LogP contribution in [0.15, 0.2) is 10.8 Å². The molecule has 3 nitrogen and oxygen atoms in total. The monoisotopic (exact) mass is 255 g/mol. The Kier molecular flexibility index (Phi) is 4.71. The van der Waals surface area contributed by atoms with E-state index in [9.17, 15) is 9.90 Å². The van der Waals surface area contributed by atoms with E-state index in [0.29, 0.717) is 5.56 Å². The number of carbonyl (C=O) groups is 1. The van der Waals surface area contributed by atoms with Gasteiger partial charge >= 0.3 is 0 Å². The van der Waals surface area contributed by atoms with Gasteiger partial charge in [0.05, 0.1) is 18.2 Å². The fourth-order valence-corrected chi connectivity index (χ4v) is 2.58. The molecule has 1 aromatic heterocycles. The third kappa shape index (κ3) is 4.48. The molecular weight excluding hydrogens is 234 g/mol. The van der Waals surface area contributed by atoms with Crippen LogP contribution in [0.1, 0.15) is 43.1 Å². The number of carbonyl (C=O) groups excluding carboxylic acids is 1. The average molecular weight is 255 g/mol. The smallest absolute Gasteiger partial charge is 0.252 e. The van der Waals surface area contributed by atoms with Crippen molar-refractivity contribution in [3.8, 4) is 0 Å². The van der Waals surface area contributed by atoms with E-state index >= 15 is 0 Å². The van der Waals surface area contributed by atoms with Crippen LogP contribution in [0.4, 0.5) is 0 Å². The number of aliphatic hydroxyl groups excluding tert-OH is 1. The Bertz CT molecular complexity index is 379. The normalized spacial score (nSPS) is 13.5. The molecule has 1 unspecified atom stereocenters. The highest BCUT2D eigenvalue weighted by Crippen LogP contribution is 2.21. The predicted octanol–water partition coefficient (Wildman–Crippen LogP) is 2.58. The van der Waals surface area contributed by atoms with Crippen molar-refractivity contribution in [3.05, 3.63) is 21.9 Å². The zero-order valence-corrected chi connectivity index (χ0v) is 11.7. The number of amides is 1. The fraction of sp³-hybridized carbons (Fsp3) is 0.615. The summed E-state index contributed by atoms with van der Waals surface area (Å²) >= 11 is 1.52. The van der Waals surface area contributed by atoms with E-state index in [-0.39, 0.29) is 24.0 Å². The summed E-state index contributed by atoms with van der Waals surface area (Å²) < 4.78 is 0. The Morgan fingerprint density at radius 1 is 1.47 bits per heavy atom. The molecule has 0 saturated carbocycles. The van der Waals surface area contributed by atoms with E-state index in [0.717, 1.165) is 12.0 Å². The van der Waals surface area contributed by atoms with Gasteiger partial charge in [0.15, 0.2) is 0 Å². The molecule has 1 aromatic rings. The van der Waals surface area contributed by atoms with Gasteiger partial charge in [-0.1, -0.05) is 20.8 Å². The Morgan fingerprint density at radius 3 is 2.53 bits per heavy atom. The second kappa shape index (κ2) is 5.65.